The molecule has 0 saturated carbocycles. The first kappa shape index (κ1) is 18.6. The molecule has 1 saturated heterocycles. The second kappa shape index (κ2) is 6.63. The van der Waals surface area contributed by atoms with Gasteiger partial charge in [0.2, 0.25) is 0 Å². The predicted molar refractivity (Wildman–Crippen MR) is 97.1 cm³/mol. The van der Waals surface area contributed by atoms with Gasteiger partial charge < -0.3 is 20.7 Å². The van der Waals surface area contributed by atoms with Crippen molar-refractivity contribution in [2.24, 2.45) is 5.73 Å². The number of piperidine rings is 1. The SMILES string of the molecule is Cc1ccc(OCNC(=O)N2C(C)(C)CC(N)CC2(C)C)c(C)c1. The second-order valence-corrected chi connectivity index (χ2v) is 8.17. The minimum atomic E-state index is -0.287. The molecule has 0 spiro atoms. The van der Waals surface area contributed by atoms with Gasteiger partial charge in [0.05, 0.1) is 0 Å². The molecule has 3 N–H and O–H groups in total. The number of aryl methyl sites for hydroxylation is 2. The number of hydrogen-bond donors (Lipinski definition) is 2. The first-order chi connectivity index (χ1) is 11.0. The van der Waals surface area contributed by atoms with Gasteiger partial charge in [0.15, 0.2) is 6.73 Å². The van der Waals surface area contributed by atoms with Crippen molar-refractivity contribution in [2.45, 2.75) is 71.5 Å². The van der Waals surface area contributed by atoms with Crippen molar-refractivity contribution in [3.05, 3.63) is 29.3 Å². The average molecular weight is 333 g/mol. The van der Waals surface area contributed by atoms with Gasteiger partial charge in [0, 0.05) is 17.1 Å². The highest BCUT2D eigenvalue weighted by molar-refractivity contribution is 5.76. The van der Waals surface area contributed by atoms with Crippen LogP contribution in [0.25, 0.3) is 0 Å². The van der Waals surface area contributed by atoms with E-state index < -0.39 is 0 Å². The maximum Gasteiger partial charge on any atom is 0.320 e. The number of hydrogen-bond acceptors (Lipinski definition) is 3. The third-order valence-electron chi connectivity index (χ3n) is 4.72. The number of nitrogens with zero attached hydrogens (tertiary/aromatic N) is 1. The van der Waals surface area contributed by atoms with Crippen molar-refractivity contribution in [1.29, 1.82) is 0 Å². The molecule has 1 fully saturated rings. The lowest BCUT2D eigenvalue weighted by Gasteiger charge is -2.54. The summed E-state index contributed by atoms with van der Waals surface area (Å²) in [6.07, 6.45) is 1.59. The summed E-state index contributed by atoms with van der Waals surface area (Å²) in [5.74, 6) is 0.792. The third-order valence-corrected chi connectivity index (χ3v) is 4.72. The lowest BCUT2D eigenvalue weighted by atomic mass is 9.77. The van der Waals surface area contributed by atoms with Gasteiger partial charge in [-0.3, -0.25) is 0 Å². The molecule has 0 aliphatic carbocycles. The highest BCUT2D eigenvalue weighted by Gasteiger charge is 2.46. The van der Waals surface area contributed by atoms with Crippen LogP contribution in [0.5, 0.6) is 5.75 Å². The summed E-state index contributed by atoms with van der Waals surface area (Å²) < 4.78 is 5.73. The van der Waals surface area contributed by atoms with Gasteiger partial charge >= 0.3 is 6.03 Å². The van der Waals surface area contributed by atoms with E-state index in [0.29, 0.717) is 0 Å². The number of nitrogens with two attached hydrogens (primary N) is 1. The van der Waals surface area contributed by atoms with Gasteiger partial charge in [-0.15, -0.1) is 0 Å². The Bertz CT molecular complexity index is 593. The number of benzene rings is 1. The Hall–Kier alpha value is -1.75. The van der Waals surface area contributed by atoms with Crippen molar-refractivity contribution < 1.29 is 9.53 Å². The summed E-state index contributed by atoms with van der Waals surface area (Å²) in [6.45, 7) is 12.5. The number of likely N-dealkylation sites (tertiary alicyclic amines) is 1. The number of carbonyl (C=O) groups excluding carboxylic acids is 1. The fourth-order valence-electron chi connectivity index (χ4n) is 4.12. The minimum Gasteiger partial charge on any atom is -0.473 e. The van der Waals surface area contributed by atoms with E-state index in [4.69, 9.17) is 10.5 Å². The third kappa shape index (κ3) is 4.01. The van der Waals surface area contributed by atoms with E-state index in [1.165, 1.54) is 5.56 Å². The molecule has 1 aliphatic rings. The molecular formula is C19H31N3O2. The fraction of sp³-hybridized carbons (Fsp3) is 0.632. The maximum absolute atomic E-state index is 12.8. The summed E-state index contributed by atoms with van der Waals surface area (Å²) in [5.41, 5.74) is 7.85. The Morgan fingerprint density at radius 3 is 2.38 bits per heavy atom. The molecular weight excluding hydrogens is 302 g/mol. The van der Waals surface area contributed by atoms with Crippen molar-refractivity contribution >= 4 is 6.03 Å². The van der Waals surface area contributed by atoms with Crippen LogP contribution in [0.2, 0.25) is 0 Å². The van der Waals surface area contributed by atoms with Gasteiger partial charge in [-0.25, -0.2) is 4.79 Å². The lowest BCUT2D eigenvalue weighted by molar-refractivity contribution is 0.00143. The molecule has 134 valence electrons. The van der Waals surface area contributed by atoms with Gasteiger partial charge in [-0.05, 0) is 66.0 Å². The largest absolute Gasteiger partial charge is 0.473 e. The topological polar surface area (TPSA) is 67.6 Å². The number of nitrogens with one attached hydrogen (secondary N) is 1. The minimum absolute atomic E-state index is 0.110. The number of amides is 2. The van der Waals surface area contributed by atoms with Crippen LogP contribution in [0, 0.1) is 13.8 Å². The molecule has 24 heavy (non-hydrogen) atoms. The molecule has 5 nitrogen and oxygen atoms in total. The number of urea groups is 1. The Morgan fingerprint density at radius 1 is 1.25 bits per heavy atom. The standard InChI is InChI=1S/C19H31N3O2/c1-13-7-8-16(14(2)9-13)24-12-21-17(23)22-18(3,4)10-15(20)11-19(22,5)6/h7-9,15H,10-12,20H2,1-6H3,(H,21,23). The molecule has 1 aromatic rings. The van der Waals surface area contributed by atoms with E-state index in [0.717, 1.165) is 24.2 Å². The monoisotopic (exact) mass is 333 g/mol. The van der Waals surface area contributed by atoms with Gasteiger partial charge in [-0.1, -0.05) is 17.7 Å². The van der Waals surface area contributed by atoms with Crippen molar-refractivity contribution in [2.75, 3.05) is 6.73 Å². The smallest absolute Gasteiger partial charge is 0.320 e. The first-order valence-corrected chi connectivity index (χ1v) is 8.57. The van der Waals surface area contributed by atoms with Crippen LogP contribution in [0.4, 0.5) is 4.79 Å². The van der Waals surface area contributed by atoms with Crippen LogP contribution >= 0.6 is 0 Å². The second-order valence-electron chi connectivity index (χ2n) is 8.17. The van der Waals surface area contributed by atoms with Gasteiger partial charge in [-0.2, -0.15) is 0 Å². The van der Waals surface area contributed by atoms with E-state index in [1.54, 1.807) is 0 Å². The zero-order valence-electron chi connectivity index (χ0n) is 15.8. The summed E-state index contributed by atoms with van der Waals surface area (Å²) in [7, 11) is 0. The Labute approximate surface area is 145 Å². The molecule has 0 bridgehead atoms. The zero-order valence-corrected chi connectivity index (χ0v) is 15.8. The quantitative estimate of drug-likeness (QED) is 0.834. The Balaban J connectivity index is 2.00. The molecule has 0 unspecified atom stereocenters. The molecule has 1 heterocycles. The van der Waals surface area contributed by atoms with E-state index in [-0.39, 0.29) is 29.9 Å². The molecule has 2 amide bonds. The van der Waals surface area contributed by atoms with E-state index in [9.17, 15) is 4.79 Å². The Morgan fingerprint density at radius 2 is 1.83 bits per heavy atom. The Kier molecular flexibility index (Phi) is 5.14. The molecule has 0 radical (unpaired) electrons. The van der Waals surface area contributed by atoms with Crippen molar-refractivity contribution in [1.82, 2.24) is 10.2 Å². The lowest BCUT2D eigenvalue weighted by Crippen LogP contribution is -2.67. The number of rotatable bonds is 3. The molecule has 0 aromatic heterocycles. The van der Waals surface area contributed by atoms with Crippen LogP contribution < -0.4 is 15.8 Å². The van der Waals surface area contributed by atoms with Gasteiger partial charge in [0.25, 0.3) is 0 Å². The van der Waals surface area contributed by atoms with Crippen LogP contribution in [0.1, 0.15) is 51.7 Å². The zero-order chi connectivity index (χ0) is 18.1. The molecule has 0 atom stereocenters. The maximum atomic E-state index is 12.8. The fourth-order valence-corrected chi connectivity index (χ4v) is 4.12. The summed E-state index contributed by atoms with van der Waals surface area (Å²) in [5, 5.41) is 2.89. The van der Waals surface area contributed by atoms with Gasteiger partial charge in [0.1, 0.15) is 5.75 Å². The summed E-state index contributed by atoms with van der Waals surface area (Å²) in [4.78, 5) is 14.7. The predicted octanol–water partition coefficient (Wildman–Crippen LogP) is 3.33. The highest BCUT2D eigenvalue weighted by atomic mass is 16.5. The summed E-state index contributed by atoms with van der Waals surface area (Å²) in [6, 6.07) is 6.01. The number of ether oxygens (including phenoxy) is 1. The molecule has 1 aromatic carbocycles. The van der Waals surface area contributed by atoms with E-state index >= 15 is 0 Å². The molecule has 5 heteroatoms. The number of carbonyl (C=O) groups is 1. The average Bonchev–Trinajstić information content (AvgIpc) is 2.37. The van der Waals surface area contributed by atoms with Crippen LogP contribution in [0.15, 0.2) is 18.2 Å². The highest BCUT2D eigenvalue weighted by Crippen LogP contribution is 2.37. The van der Waals surface area contributed by atoms with Crippen molar-refractivity contribution in [3.63, 3.8) is 0 Å². The van der Waals surface area contributed by atoms with E-state index in [2.05, 4.69) is 39.1 Å². The van der Waals surface area contributed by atoms with E-state index in [1.807, 2.05) is 30.9 Å². The molecule has 2 rings (SSSR count). The summed E-state index contributed by atoms with van der Waals surface area (Å²) >= 11 is 0. The molecule has 1 aliphatic heterocycles. The van der Waals surface area contributed by atoms with Crippen molar-refractivity contribution in [3.8, 4) is 5.75 Å². The first-order valence-electron chi connectivity index (χ1n) is 8.57. The van der Waals surface area contributed by atoms with Crippen LogP contribution in [0.3, 0.4) is 0 Å². The van der Waals surface area contributed by atoms with Crippen LogP contribution in [-0.4, -0.2) is 34.8 Å². The van der Waals surface area contributed by atoms with Crippen LogP contribution in [-0.2, 0) is 0 Å². The normalized spacial score (nSPS) is 19.9.